The molecule has 3 heteroatoms. The van der Waals surface area contributed by atoms with E-state index in [1.807, 2.05) is 0 Å². The molecule has 0 saturated carbocycles. The standard InChI is InChI=1S/C11H23BrO2/c1-10(2)9-11(12)5-4-6-14-8-7-13-3/h10-11H,4-9H2,1-3H3. The average molecular weight is 267 g/mol. The van der Waals surface area contributed by atoms with E-state index < -0.39 is 0 Å². The zero-order chi connectivity index (χ0) is 10.8. The van der Waals surface area contributed by atoms with Crippen molar-refractivity contribution in [1.29, 1.82) is 0 Å². The number of hydrogen-bond donors (Lipinski definition) is 0. The fourth-order valence-electron chi connectivity index (χ4n) is 1.28. The molecule has 14 heavy (non-hydrogen) atoms. The Labute approximate surface area is 96.5 Å². The van der Waals surface area contributed by atoms with Crippen molar-refractivity contribution in [3.05, 3.63) is 0 Å². The molecule has 0 spiro atoms. The molecule has 0 aliphatic rings. The van der Waals surface area contributed by atoms with Gasteiger partial charge in [0.05, 0.1) is 13.2 Å². The molecule has 1 unspecified atom stereocenters. The van der Waals surface area contributed by atoms with E-state index in [0.717, 1.165) is 18.9 Å². The molecule has 0 radical (unpaired) electrons. The summed E-state index contributed by atoms with van der Waals surface area (Å²) in [5.41, 5.74) is 0. The normalized spacial score (nSPS) is 13.5. The van der Waals surface area contributed by atoms with Crippen molar-refractivity contribution in [1.82, 2.24) is 0 Å². The van der Waals surface area contributed by atoms with Gasteiger partial charge in [-0.3, -0.25) is 0 Å². The van der Waals surface area contributed by atoms with Crippen LogP contribution in [0.2, 0.25) is 0 Å². The maximum absolute atomic E-state index is 5.38. The largest absolute Gasteiger partial charge is 0.382 e. The van der Waals surface area contributed by atoms with Gasteiger partial charge in [0.25, 0.3) is 0 Å². The molecule has 0 aromatic rings. The Morgan fingerprint density at radius 2 is 1.86 bits per heavy atom. The van der Waals surface area contributed by atoms with E-state index in [9.17, 15) is 0 Å². The SMILES string of the molecule is COCCOCCCC(Br)CC(C)C. The smallest absolute Gasteiger partial charge is 0.0700 e. The minimum Gasteiger partial charge on any atom is -0.382 e. The minimum absolute atomic E-state index is 0.647. The summed E-state index contributed by atoms with van der Waals surface area (Å²) in [5, 5.41) is 0. The van der Waals surface area contributed by atoms with E-state index in [1.54, 1.807) is 7.11 Å². The molecule has 0 bridgehead atoms. The Kier molecular flexibility index (Phi) is 10.2. The van der Waals surface area contributed by atoms with Gasteiger partial charge in [-0.1, -0.05) is 29.8 Å². The van der Waals surface area contributed by atoms with E-state index in [0.29, 0.717) is 18.0 Å². The average Bonchev–Trinajstić information content (AvgIpc) is 2.10. The van der Waals surface area contributed by atoms with E-state index >= 15 is 0 Å². The van der Waals surface area contributed by atoms with Gasteiger partial charge in [-0.25, -0.2) is 0 Å². The number of alkyl halides is 1. The molecule has 0 N–H and O–H groups in total. The topological polar surface area (TPSA) is 18.5 Å². The quantitative estimate of drug-likeness (QED) is 0.471. The molecule has 0 saturated heterocycles. The molecule has 1 atom stereocenters. The van der Waals surface area contributed by atoms with Crippen LogP contribution in [-0.2, 0) is 9.47 Å². The summed E-state index contributed by atoms with van der Waals surface area (Å²) < 4.78 is 10.3. The zero-order valence-corrected chi connectivity index (χ0v) is 11.2. The highest BCUT2D eigenvalue weighted by molar-refractivity contribution is 9.09. The van der Waals surface area contributed by atoms with Crippen molar-refractivity contribution < 1.29 is 9.47 Å². The number of hydrogen-bond acceptors (Lipinski definition) is 2. The lowest BCUT2D eigenvalue weighted by Gasteiger charge is -2.11. The van der Waals surface area contributed by atoms with Crippen LogP contribution in [-0.4, -0.2) is 31.8 Å². The maximum atomic E-state index is 5.38. The predicted octanol–water partition coefficient (Wildman–Crippen LogP) is 3.24. The van der Waals surface area contributed by atoms with E-state index in [4.69, 9.17) is 9.47 Å². The molecule has 0 aromatic carbocycles. The third-order valence-electron chi connectivity index (χ3n) is 1.96. The van der Waals surface area contributed by atoms with Crippen molar-refractivity contribution in [3.8, 4) is 0 Å². The Morgan fingerprint density at radius 3 is 2.43 bits per heavy atom. The molecule has 0 amide bonds. The van der Waals surface area contributed by atoms with Gasteiger partial charge in [0.2, 0.25) is 0 Å². The minimum atomic E-state index is 0.647. The van der Waals surface area contributed by atoms with Gasteiger partial charge in [-0.2, -0.15) is 0 Å². The van der Waals surface area contributed by atoms with Gasteiger partial charge in [-0.05, 0) is 25.2 Å². The molecule has 86 valence electrons. The Morgan fingerprint density at radius 1 is 1.14 bits per heavy atom. The van der Waals surface area contributed by atoms with E-state index in [2.05, 4.69) is 29.8 Å². The lowest BCUT2D eigenvalue weighted by molar-refractivity contribution is 0.0687. The molecular formula is C11H23BrO2. The summed E-state index contributed by atoms with van der Waals surface area (Å²) >= 11 is 3.68. The van der Waals surface area contributed by atoms with Crippen LogP contribution in [0.25, 0.3) is 0 Å². The fraction of sp³-hybridized carbons (Fsp3) is 1.00. The molecule has 0 fully saturated rings. The summed E-state index contributed by atoms with van der Waals surface area (Å²) in [6.45, 7) is 6.77. The van der Waals surface area contributed by atoms with E-state index in [1.165, 1.54) is 12.8 Å². The van der Waals surface area contributed by atoms with Crippen LogP contribution in [0.15, 0.2) is 0 Å². The highest BCUT2D eigenvalue weighted by Crippen LogP contribution is 2.17. The van der Waals surface area contributed by atoms with Crippen LogP contribution in [0.3, 0.4) is 0 Å². The van der Waals surface area contributed by atoms with Crippen LogP contribution in [0.5, 0.6) is 0 Å². The van der Waals surface area contributed by atoms with Crippen molar-refractivity contribution in [2.24, 2.45) is 5.92 Å². The van der Waals surface area contributed by atoms with Crippen LogP contribution in [0.4, 0.5) is 0 Å². The summed E-state index contributed by atoms with van der Waals surface area (Å²) in [6, 6.07) is 0. The van der Waals surface area contributed by atoms with Crippen molar-refractivity contribution in [2.45, 2.75) is 37.9 Å². The highest BCUT2D eigenvalue weighted by atomic mass is 79.9. The van der Waals surface area contributed by atoms with Crippen LogP contribution in [0, 0.1) is 5.92 Å². The maximum Gasteiger partial charge on any atom is 0.0700 e. The molecule has 0 aromatic heterocycles. The first kappa shape index (κ1) is 14.4. The second-order valence-corrected chi connectivity index (χ2v) is 5.27. The van der Waals surface area contributed by atoms with Gasteiger partial charge in [-0.15, -0.1) is 0 Å². The lowest BCUT2D eigenvalue weighted by Crippen LogP contribution is -2.07. The molecule has 0 heterocycles. The van der Waals surface area contributed by atoms with Crippen LogP contribution in [0.1, 0.15) is 33.1 Å². The van der Waals surface area contributed by atoms with Gasteiger partial charge in [0, 0.05) is 18.5 Å². The Balaban J connectivity index is 3.10. The van der Waals surface area contributed by atoms with Crippen molar-refractivity contribution >= 4 is 15.9 Å². The third-order valence-corrected chi connectivity index (χ3v) is 2.80. The van der Waals surface area contributed by atoms with E-state index in [-0.39, 0.29) is 0 Å². The summed E-state index contributed by atoms with van der Waals surface area (Å²) in [5.74, 6) is 0.772. The lowest BCUT2D eigenvalue weighted by atomic mass is 10.1. The Bertz CT molecular complexity index is 118. The van der Waals surface area contributed by atoms with Gasteiger partial charge in [0.15, 0.2) is 0 Å². The second-order valence-electron chi connectivity index (χ2n) is 3.97. The first-order chi connectivity index (χ1) is 6.66. The second kappa shape index (κ2) is 9.94. The van der Waals surface area contributed by atoms with Gasteiger partial charge < -0.3 is 9.47 Å². The monoisotopic (exact) mass is 266 g/mol. The fourth-order valence-corrected chi connectivity index (χ4v) is 2.35. The van der Waals surface area contributed by atoms with Gasteiger partial charge >= 0.3 is 0 Å². The van der Waals surface area contributed by atoms with Gasteiger partial charge in [0.1, 0.15) is 0 Å². The van der Waals surface area contributed by atoms with Crippen molar-refractivity contribution in [3.63, 3.8) is 0 Å². The molecule has 0 aliphatic heterocycles. The predicted molar refractivity (Wildman–Crippen MR) is 64.1 cm³/mol. The Hall–Kier alpha value is 0.400. The number of ether oxygens (including phenoxy) is 2. The first-order valence-corrected chi connectivity index (χ1v) is 6.29. The third kappa shape index (κ3) is 10.5. The van der Waals surface area contributed by atoms with Crippen LogP contribution < -0.4 is 0 Å². The first-order valence-electron chi connectivity index (χ1n) is 5.37. The highest BCUT2D eigenvalue weighted by Gasteiger charge is 2.05. The number of methoxy groups -OCH3 is 1. The number of halogens is 1. The van der Waals surface area contributed by atoms with Crippen molar-refractivity contribution in [2.75, 3.05) is 26.9 Å². The van der Waals surface area contributed by atoms with Crippen LogP contribution >= 0.6 is 15.9 Å². The summed E-state index contributed by atoms with van der Waals surface area (Å²) in [4.78, 5) is 0.647. The number of rotatable bonds is 9. The molecule has 2 nitrogen and oxygen atoms in total. The molecule has 0 rings (SSSR count). The molecule has 0 aliphatic carbocycles. The molecular weight excluding hydrogens is 244 g/mol. The summed E-state index contributed by atoms with van der Waals surface area (Å²) in [6.07, 6.45) is 3.58. The zero-order valence-electron chi connectivity index (χ0n) is 9.59. The summed E-state index contributed by atoms with van der Waals surface area (Å²) in [7, 11) is 1.69.